The number of aromatic amines is 1. The highest BCUT2D eigenvalue weighted by Gasteiger charge is 2.06. The van der Waals surface area contributed by atoms with Crippen molar-refractivity contribution in [2.75, 3.05) is 20.6 Å². The van der Waals surface area contributed by atoms with Gasteiger partial charge in [0.2, 0.25) is 5.56 Å². The van der Waals surface area contributed by atoms with Crippen LogP contribution in [0.15, 0.2) is 47.5 Å². The predicted molar refractivity (Wildman–Crippen MR) is 84.3 cm³/mol. The molecule has 1 aromatic carbocycles. The molecule has 0 aliphatic rings. The molecule has 2 aromatic heterocycles. The van der Waals surface area contributed by atoms with Gasteiger partial charge in [-0.1, -0.05) is 12.1 Å². The van der Waals surface area contributed by atoms with Gasteiger partial charge in [0.05, 0.1) is 18.3 Å². The SMILES string of the molecule is CN(C)CCn1ncc2ccc(-c3cc[nH]c(=O)c3)cc21. The summed E-state index contributed by atoms with van der Waals surface area (Å²) in [5.41, 5.74) is 2.95. The first-order valence-electron chi connectivity index (χ1n) is 6.93. The monoisotopic (exact) mass is 282 g/mol. The third-order valence-corrected chi connectivity index (χ3v) is 3.51. The number of hydrogen-bond acceptors (Lipinski definition) is 3. The fourth-order valence-electron chi connectivity index (χ4n) is 2.35. The summed E-state index contributed by atoms with van der Waals surface area (Å²) < 4.78 is 2.01. The van der Waals surface area contributed by atoms with Crippen molar-refractivity contribution in [3.05, 3.63) is 53.1 Å². The molecule has 1 N–H and O–H groups in total. The minimum atomic E-state index is -0.0892. The van der Waals surface area contributed by atoms with Crippen LogP contribution in [0.2, 0.25) is 0 Å². The number of H-pyrrole nitrogens is 1. The molecule has 5 heteroatoms. The first kappa shape index (κ1) is 13.6. The van der Waals surface area contributed by atoms with E-state index in [-0.39, 0.29) is 5.56 Å². The molecule has 0 aliphatic carbocycles. The van der Waals surface area contributed by atoms with Gasteiger partial charge in [0.15, 0.2) is 0 Å². The van der Waals surface area contributed by atoms with E-state index in [1.807, 2.05) is 43.2 Å². The number of hydrogen-bond donors (Lipinski definition) is 1. The summed E-state index contributed by atoms with van der Waals surface area (Å²) >= 11 is 0. The van der Waals surface area contributed by atoms with E-state index in [0.717, 1.165) is 35.1 Å². The van der Waals surface area contributed by atoms with Crippen molar-refractivity contribution >= 4 is 10.9 Å². The van der Waals surface area contributed by atoms with Gasteiger partial charge < -0.3 is 9.88 Å². The van der Waals surface area contributed by atoms with Crippen molar-refractivity contribution in [2.45, 2.75) is 6.54 Å². The highest BCUT2D eigenvalue weighted by atomic mass is 16.1. The summed E-state index contributed by atoms with van der Waals surface area (Å²) in [6.45, 7) is 1.78. The average molecular weight is 282 g/mol. The second-order valence-corrected chi connectivity index (χ2v) is 5.39. The molecular formula is C16H18N4O. The quantitative estimate of drug-likeness (QED) is 0.796. The molecule has 0 fully saturated rings. The average Bonchev–Trinajstić information content (AvgIpc) is 2.87. The van der Waals surface area contributed by atoms with Crippen molar-refractivity contribution in [3.63, 3.8) is 0 Å². The molecule has 0 radical (unpaired) electrons. The van der Waals surface area contributed by atoms with Crippen LogP contribution in [0, 0.1) is 0 Å². The minimum Gasteiger partial charge on any atom is -0.329 e. The fourth-order valence-corrected chi connectivity index (χ4v) is 2.35. The van der Waals surface area contributed by atoms with Gasteiger partial charge in [0.1, 0.15) is 0 Å². The molecule has 0 saturated carbocycles. The van der Waals surface area contributed by atoms with Crippen LogP contribution in [0.25, 0.3) is 22.0 Å². The summed E-state index contributed by atoms with van der Waals surface area (Å²) in [7, 11) is 4.10. The summed E-state index contributed by atoms with van der Waals surface area (Å²) in [6.07, 6.45) is 3.55. The maximum Gasteiger partial charge on any atom is 0.248 e. The lowest BCUT2D eigenvalue weighted by Crippen LogP contribution is -2.18. The molecule has 0 atom stereocenters. The lowest BCUT2D eigenvalue weighted by molar-refractivity contribution is 0.377. The molecule has 0 spiro atoms. The Labute approximate surface area is 122 Å². The highest BCUT2D eigenvalue weighted by Crippen LogP contribution is 2.23. The minimum absolute atomic E-state index is 0.0892. The molecule has 0 unspecified atom stereocenters. The van der Waals surface area contributed by atoms with Gasteiger partial charge >= 0.3 is 0 Å². The van der Waals surface area contributed by atoms with Gasteiger partial charge in [-0.25, -0.2) is 0 Å². The summed E-state index contributed by atoms with van der Waals surface area (Å²) in [6, 6.07) is 9.68. The molecule has 3 rings (SSSR count). The third-order valence-electron chi connectivity index (χ3n) is 3.51. The fraction of sp³-hybridized carbons (Fsp3) is 0.250. The van der Waals surface area contributed by atoms with Crippen molar-refractivity contribution < 1.29 is 0 Å². The van der Waals surface area contributed by atoms with Crippen molar-refractivity contribution in [1.82, 2.24) is 19.7 Å². The van der Waals surface area contributed by atoms with Crippen LogP contribution in [0.5, 0.6) is 0 Å². The Morgan fingerprint density at radius 3 is 2.76 bits per heavy atom. The summed E-state index contributed by atoms with van der Waals surface area (Å²) in [4.78, 5) is 16.2. The number of nitrogens with zero attached hydrogens (tertiary/aromatic N) is 3. The number of benzene rings is 1. The number of fused-ring (bicyclic) bond motifs is 1. The molecule has 21 heavy (non-hydrogen) atoms. The number of likely N-dealkylation sites (N-methyl/N-ethyl adjacent to an activating group) is 1. The topological polar surface area (TPSA) is 53.9 Å². The van der Waals surface area contributed by atoms with Crippen LogP contribution in [0.4, 0.5) is 0 Å². The van der Waals surface area contributed by atoms with Gasteiger partial charge in [0.25, 0.3) is 0 Å². The molecule has 108 valence electrons. The zero-order valence-corrected chi connectivity index (χ0v) is 12.2. The normalized spacial score (nSPS) is 11.4. The van der Waals surface area contributed by atoms with E-state index in [9.17, 15) is 4.79 Å². The number of nitrogens with one attached hydrogen (secondary N) is 1. The van der Waals surface area contributed by atoms with E-state index < -0.39 is 0 Å². The molecule has 0 aliphatic heterocycles. The van der Waals surface area contributed by atoms with Crippen LogP contribution in [-0.2, 0) is 6.54 Å². The molecule has 3 aromatic rings. The second kappa shape index (κ2) is 5.54. The van der Waals surface area contributed by atoms with Gasteiger partial charge in [-0.2, -0.15) is 5.10 Å². The van der Waals surface area contributed by atoms with Crippen LogP contribution in [-0.4, -0.2) is 40.3 Å². The number of rotatable bonds is 4. The lowest BCUT2D eigenvalue weighted by Gasteiger charge is -2.10. The predicted octanol–water partition coefficient (Wildman–Crippen LogP) is 1.95. The first-order valence-corrected chi connectivity index (χ1v) is 6.93. The molecule has 5 nitrogen and oxygen atoms in total. The summed E-state index contributed by atoms with van der Waals surface area (Å²) in [5, 5.41) is 5.55. The van der Waals surface area contributed by atoms with Gasteiger partial charge in [0, 0.05) is 24.2 Å². The zero-order valence-electron chi connectivity index (χ0n) is 12.2. The number of pyridine rings is 1. The van der Waals surface area contributed by atoms with Crippen LogP contribution < -0.4 is 5.56 Å². The van der Waals surface area contributed by atoms with E-state index in [0.29, 0.717) is 0 Å². The Kier molecular flexibility index (Phi) is 3.58. The molecule has 0 saturated heterocycles. The van der Waals surface area contributed by atoms with E-state index in [1.165, 1.54) is 0 Å². The van der Waals surface area contributed by atoms with Crippen molar-refractivity contribution in [1.29, 1.82) is 0 Å². The van der Waals surface area contributed by atoms with E-state index in [2.05, 4.69) is 21.0 Å². The number of aromatic nitrogens is 3. The summed E-state index contributed by atoms with van der Waals surface area (Å²) in [5.74, 6) is 0. The first-order chi connectivity index (χ1) is 10.1. The van der Waals surface area contributed by atoms with Gasteiger partial charge in [-0.05, 0) is 37.4 Å². The maximum atomic E-state index is 11.4. The van der Waals surface area contributed by atoms with E-state index in [1.54, 1.807) is 12.3 Å². The Morgan fingerprint density at radius 1 is 1.19 bits per heavy atom. The van der Waals surface area contributed by atoms with Gasteiger partial charge in [-0.15, -0.1) is 0 Å². The molecule has 0 bridgehead atoms. The highest BCUT2D eigenvalue weighted by molar-refractivity contribution is 5.84. The lowest BCUT2D eigenvalue weighted by atomic mass is 10.1. The maximum absolute atomic E-state index is 11.4. The Morgan fingerprint density at radius 2 is 2.00 bits per heavy atom. The van der Waals surface area contributed by atoms with Crippen LogP contribution >= 0.6 is 0 Å². The van der Waals surface area contributed by atoms with Crippen molar-refractivity contribution in [2.24, 2.45) is 0 Å². The molecule has 0 amide bonds. The largest absolute Gasteiger partial charge is 0.329 e. The molecular weight excluding hydrogens is 264 g/mol. The van der Waals surface area contributed by atoms with Gasteiger partial charge in [-0.3, -0.25) is 9.48 Å². The van der Waals surface area contributed by atoms with E-state index >= 15 is 0 Å². The van der Waals surface area contributed by atoms with E-state index in [4.69, 9.17) is 0 Å². The van der Waals surface area contributed by atoms with Crippen LogP contribution in [0.1, 0.15) is 0 Å². The Balaban J connectivity index is 2.02. The smallest absolute Gasteiger partial charge is 0.248 e. The molecule has 2 heterocycles. The zero-order chi connectivity index (χ0) is 14.8. The van der Waals surface area contributed by atoms with Crippen LogP contribution in [0.3, 0.4) is 0 Å². The standard InChI is InChI=1S/C16H18N4O/c1-19(2)7-8-20-15-9-12(3-4-14(15)11-18-20)13-5-6-17-16(21)10-13/h3-6,9-11H,7-8H2,1-2H3,(H,17,21). The Hall–Kier alpha value is -2.40. The van der Waals surface area contributed by atoms with Crippen molar-refractivity contribution in [3.8, 4) is 11.1 Å². The Bertz CT molecular complexity index is 816. The third kappa shape index (κ3) is 2.87. The second-order valence-electron chi connectivity index (χ2n) is 5.39.